The summed E-state index contributed by atoms with van der Waals surface area (Å²) in [6, 6.07) is 11.7. The van der Waals surface area contributed by atoms with Crippen LogP contribution in [0.4, 0.5) is 11.4 Å². The van der Waals surface area contributed by atoms with Crippen LogP contribution < -0.4 is 9.64 Å². The molecule has 122 valence electrons. The molecule has 5 nitrogen and oxygen atoms in total. The number of sulfone groups is 1. The van der Waals surface area contributed by atoms with Gasteiger partial charge in [0.25, 0.3) is 0 Å². The van der Waals surface area contributed by atoms with Gasteiger partial charge in [0.2, 0.25) is 9.84 Å². The van der Waals surface area contributed by atoms with Crippen LogP contribution in [0.1, 0.15) is 5.56 Å². The lowest BCUT2D eigenvalue weighted by molar-refractivity contribution is 0.416. The number of hydrogen-bond donors (Lipinski definition) is 0. The number of halogens is 1. The molecule has 0 bridgehead atoms. The van der Waals surface area contributed by atoms with Gasteiger partial charge in [0.1, 0.15) is 11.8 Å². The van der Waals surface area contributed by atoms with Crippen LogP contribution in [0.3, 0.4) is 0 Å². The minimum atomic E-state index is -3.86. The van der Waals surface area contributed by atoms with E-state index in [1.807, 2.05) is 19.1 Å². The summed E-state index contributed by atoms with van der Waals surface area (Å²) in [6.45, 7) is 1.91. The highest BCUT2D eigenvalue weighted by Crippen LogP contribution is 2.43. The Kier molecular flexibility index (Phi) is 3.99. The quantitative estimate of drug-likeness (QED) is 0.811. The second-order valence-corrected chi connectivity index (χ2v) is 7.59. The second-order valence-electron chi connectivity index (χ2n) is 5.27. The number of methoxy groups -OCH3 is 1. The van der Waals surface area contributed by atoms with Gasteiger partial charge in [-0.15, -0.1) is 0 Å². The predicted octanol–water partition coefficient (Wildman–Crippen LogP) is 3.95. The van der Waals surface area contributed by atoms with Gasteiger partial charge in [-0.3, -0.25) is 0 Å². The van der Waals surface area contributed by atoms with E-state index in [2.05, 4.69) is 0 Å². The second kappa shape index (κ2) is 5.86. The number of ether oxygens (including phenoxy) is 1. The highest BCUT2D eigenvalue weighted by molar-refractivity contribution is 7.95. The molecule has 0 aromatic heterocycles. The highest BCUT2D eigenvalue weighted by Gasteiger charge is 2.33. The fraction of sp³-hybridized carbons (Fsp3) is 0.118. The van der Waals surface area contributed by atoms with E-state index in [0.29, 0.717) is 22.1 Å². The van der Waals surface area contributed by atoms with E-state index in [4.69, 9.17) is 16.3 Å². The first-order valence-corrected chi connectivity index (χ1v) is 8.85. The van der Waals surface area contributed by atoms with Crippen LogP contribution in [-0.2, 0) is 9.84 Å². The number of nitrogens with zero attached hydrogens (tertiary/aromatic N) is 2. The lowest BCUT2D eigenvalue weighted by Crippen LogP contribution is -2.21. The lowest BCUT2D eigenvalue weighted by atomic mass is 10.1. The largest absolute Gasteiger partial charge is 0.495 e. The van der Waals surface area contributed by atoms with E-state index < -0.39 is 9.84 Å². The molecule has 0 radical (unpaired) electrons. The molecule has 0 spiro atoms. The molecule has 24 heavy (non-hydrogen) atoms. The van der Waals surface area contributed by atoms with Crippen molar-refractivity contribution in [2.45, 2.75) is 11.8 Å². The zero-order valence-electron chi connectivity index (χ0n) is 12.9. The van der Waals surface area contributed by atoms with E-state index in [1.54, 1.807) is 23.1 Å². The van der Waals surface area contributed by atoms with Gasteiger partial charge in [0, 0.05) is 11.2 Å². The Hall–Kier alpha value is -2.49. The number of allylic oxidation sites excluding steroid dienone is 1. The summed E-state index contributed by atoms with van der Waals surface area (Å²) >= 11 is 6.06. The van der Waals surface area contributed by atoms with E-state index >= 15 is 0 Å². The Morgan fingerprint density at radius 2 is 1.92 bits per heavy atom. The summed E-state index contributed by atoms with van der Waals surface area (Å²) in [4.78, 5) is 1.32. The van der Waals surface area contributed by atoms with Crippen molar-refractivity contribution in [2.75, 3.05) is 12.0 Å². The molecule has 0 N–H and O–H groups in total. The molecule has 3 rings (SSSR count). The van der Waals surface area contributed by atoms with Gasteiger partial charge in [-0.1, -0.05) is 17.7 Å². The summed E-state index contributed by atoms with van der Waals surface area (Å²) in [5.41, 5.74) is 1.98. The van der Waals surface area contributed by atoms with Crippen molar-refractivity contribution in [3.63, 3.8) is 0 Å². The monoisotopic (exact) mass is 360 g/mol. The molecule has 0 amide bonds. The van der Waals surface area contributed by atoms with E-state index in [0.717, 1.165) is 5.56 Å². The first-order valence-electron chi connectivity index (χ1n) is 6.99. The average Bonchev–Trinajstić information content (AvgIpc) is 2.54. The van der Waals surface area contributed by atoms with Gasteiger partial charge in [-0.2, -0.15) is 5.26 Å². The Morgan fingerprint density at radius 3 is 2.58 bits per heavy atom. The van der Waals surface area contributed by atoms with Crippen LogP contribution in [0.25, 0.3) is 0 Å². The van der Waals surface area contributed by atoms with Gasteiger partial charge >= 0.3 is 0 Å². The van der Waals surface area contributed by atoms with Crippen LogP contribution in [0.15, 0.2) is 52.4 Å². The van der Waals surface area contributed by atoms with Gasteiger partial charge in [-0.05, 0) is 42.8 Å². The van der Waals surface area contributed by atoms with Crippen molar-refractivity contribution in [3.8, 4) is 11.8 Å². The maximum absolute atomic E-state index is 12.6. The van der Waals surface area contributed by atoms with Crippen molar-refractivity contribution < 1.29 is 13.2 Å². The molecule has 0 saturated heterocycles. The van der Waals surface area contributed by atoms with Crippen molar-refractivity contribution >= 4 is 32.8 Å². The maximum Gasteiger partial charge on any atom is 0.220 e. The summed E-state index contributed by atoms with van der Waals surface area (Å²) in [5.74, 6) is 0.555. The van der Waals surface area contributed by atoms with Crippen LogP contribution in [0.2, 0.25) is 5.02 Å². The summed E-state index contributed by atoms with van der Waals surface area (Å²) in [5, 5.41) is 9.67. The standard InChI is InChI=1S/C17H13ClN2O3S/c1-11-3-5-16(23-2)14(7-11)20-10-13(9-19)24(21,22)17-6-4-12(18)8-15(17)20/h3-8,10H,1-2H3. The van der Waals surface area contributed by atoms with Gasteiger partial charge in [0.15, 0.2) is 4.91 Å². The number of fused-ring (bicyclic) bond motifs is 1. The molecule has 2 aromatic rings. The SMILES string of the molecule is COc1ccc(C)cc1N1C=C(C#N)S(=O)(=O)c2ccc(Cl)cc21. The molecule has 0 unspecified atom stereocenters. The minimum absolute atomic E-state index is 0.0366. The van der Waals surface area contributed by atoms with Crippen molar-refractivity contribution in [2.24, 2.45) is 0 Å². The Labute approximate surface area is 145 Å². The van der Waals surface area contributed by atoms with Crippen LogP contribution in [0, 0.1) is 18.3 Å². The number of hydrogen-bond acceptors (Lipinski definition) is 5. The Bertz CT molecular complexity index is 1010. The fourth-order valence-electron chi connectivity index (χ4n) is 2.56. The third-order valence-electron chi connectivity index (χ3n) is 3.71. The number of anilines is 2. The topological polar surface area (TPSA) is 70.4 Å². The molecule has 2 aromatic carbocycles. The molecule has 0 aliphatic carbocycles. The zero-order chi connectivity index (χ0) is 17.5. The molecule has 0 saturated carbocycles. The average molecular weight is 361 g/mol. The fourth-order valence-corrected chi connectivity index (χ4v) is 4.00. The zero-order valence-corrected chi connectivity index (χ0v) is 14.5. The number of aryl methyl sites for hydroxylation is 1. The van der Waals surface area contributed by atoms with Crippen LogP contribution in [-0.4, -0.2) is 15.5 Å². The van der Waals surface area contributed by atoms with E-state index in [1.165, 1.54) is 25.4 Å². The molecule has 0 atom stereocenters. The third kappa shape index (κ3) is 2.52. The maximum atomic E-state index is 12.6. The van der Waals surface area contributed by atoms with Crippen molar-refractivity contribution in [3.05, 3.63) is 58.1 Å². The molecule has 7 heteroatoms. The van der Waals surface area contributed by atoms with Crippen LogP contribution in [0.5, 0.6) is 5.75 Å². The molecular formula is C17H13ClN2O3S. The molecular weight excluding hydrogens is 348 g/mol. The number of benzene rings is 2. The van der Waals surface area contributed by atoms with Gasteiger partial charge in [-0.25, -0.2) is 8.42 Å². The minimum Gasteiger partial charge on any atom is -0.495 e. The molecule has 1 heterocycles. The first-order chi connectivity index (χ1) is 11.4. The number of rotatable bonds is 2. The van der Waals surface area contributed by atoms with Crippen molar-refractivity contribution in [1.82, 2.24) is 0 Å². The molecule has 1 aliphatic rings. The third-order valence-corrected chi connectivity index (χ3v) is 5.65. The summed E-state index contributed by atoms with van der Waals surface area (Å²) in [7, 11) is -2.33. The first kappa shape index (κ1) is 16.4. The Morgan fingerprint density at radius 1 is 1.17 bits per heavy atom. The summed E-state index contributed by atoms with van der Waals surface area (Å²) in [6.07, 6.45) is 1.30. The Balaban J connectivity index is 2.35. The van der Waals surface area contributed by atoms with Gasteiger partial charge < -0.3 is 9.64 Å². The lowest BCUT2D eigenvalue weighted by Gasteiger charge is -2.29. The van der Waals surface area contributed by atoms with Crippen LogP contribution >= 0.6 is 11.6 Å². The van der Waals surface area contributed by atoms with Gasteiger partial charge in [0.05, 0.1) is 23.4 Å². The van der Waals surface area contributed by atoms with E-state index in [-0.39, 0.29) is 9.80 Å². The normalized spacial score (nSPS) is 15.2. The smallest absolute Gasteiger partial charge is 0.220 e. The van der Waals surface area contributed by atoms with Crippen molar-refractivity contribution in [1.29, 1.82) is 5.26 Å². The highest BCUT2D eigenvalue weighted by atomic mass is 35.5. The molecule has 1 aliphatic heterocycles. The summed E-state index contributed by atoms with van der Waals surface area (Å²) < 4.78 is 30.5. The predicted molar refractivity (Wildman–Crippen MR) is 92.2 cm³/mol. The molecule has 0 fully saturated rings. The number of nitriles is 1. The van der Waals surface area contributed by atoms with E-state index in [9.17, 15) is 13.7 Å².